The first kappa shape index (κ1) is 18.8. The van der Waals surface area contributed by atoms with Crippen LogP contribution in [0.3, 0.4) is 0 Å². The first-order chi connectivity index (χ1) is 10.8. The number of nitrogens with zero attached hydrogens (tertiary/aromatic N) is 2. The van der Waals surface area contributed by atoms with Crippen LogP contribution in [-0.4, -0.2) is 60.7 Å². The van der Waals surface area contributed by atoms with E-state index in [1.54, 1.807) is 0 Å². The lowest BCUT2D eigenvalue weighted by Gasteiger charge is -2.11. The summed E-state index contributed by atoms with van der Waals surface area (Å²) >= 11 is 0.109. The van der Waals surface area contributed by atoms with Gasteiger partial charge in [-0.25, -0.2) is 9.78 Å². The number of hydrogen-bond acceptors (Lipinski definition) is 6. The normalized spacial score (nSPS) is 10.3. The summed E-state index contributed by atoms with van der Waals surface area (Å²) in [6.45, 7) is -0.865. The van der Waals surface area contributed by atoms with E-state index in [4.69, 9.17) is 4.74 Å². The molecule has 0 aliphatic carbocycles. The molecule has 1 rings (SSSR count). The fourth-order valence-corrected chi connectivity index (χ4v) is 1.89. The van der Waals surface area contributed by atoms with Crippen molar-refractivity contribution in [3.8, 4) is 0 Å². The highest BCUT2D eigenvalue weighted by atomic mass is 32.2. The average molecular weight is 347 g/mol. The number of carbonyl (C=O) groups is 3. The molecule has 126 valence electrons. The van der Waals surface area contributed by atoms with E-state index in [0.29, 0.717) is 0 Å². The van der Waals surface area contributed by atoms with E-state index in [0.717, 1.165) is 0 Å². The number of aromatic nitrogens is 1. The van der Waals surface area contributed by atoms with Gasteiger partial charge in [-0.15, -0.1) is 0 Å². The molecular weight excluding hydrogens is 332 g/mol. The Morgan fingerprint density at radius 2 is 2.09 bits per heavy atom. The summed E-state index contributed by atoms with van der Waals surface area (Å²) in [6, 6.07) is 2.66. The number of likely N-dealkylation sites (N-methyl/N-ethyl adjacent to an activating group) is 1. The molecule has 1 aromatic rings. The summed E-state index contributed by atoms with van der Waals surface area (Å²) in [5.41, 5.74) is -0.157. The maximum absolute atomic E-state index is 12.4. The van der Waals surface area contributed by atoms with Crippen molar-refractivity contribution in [1.82, 2.24) is 15.2 Å². The molecule has 1 aromatic heterocycles. The largest absolute Gasteiger partial charge is 0.452 e. The Balaban J connectivity index is 2.54. The molecule has 0 spiro atoms. The van der Waals surface area contributed by atoms with Gasteiger partial charge in [0, 0.05) is 20.3 Å². The Labute approximate surface area is 135 Å². The Kier molecular flexibility index (Phi) is 7.39. The molecule has 1 heterocycles. The van der Waals surface area contributed by atoms with Crippen molar-refractivity contribution < 1.29 is 27.9 Å². The van der Waals surface area contributed by atoms with Gasteiger partial charge < -0.3 is 15.0 Å². The van der Waals surface area contributed by atoms with Crippen molar-refractivity contribution >= 4 is 29.5 Å². The Hall–Kier alpha value is -2.23. The van der Waals surface area contributed by atoms with Crippen LogP contribution in [0.2, 0.25) is 0 Å². The number of amides is 2. The fraction of sp³-hybridized carbons (Fsp3) is 0.385. The van der Waals surface area contributed by atoms with Gasteiger partial charge in [-0.1, -0.05) is 0 Å². The van der Waals surface area contributed by atoms with Gasteiger partial charge in [-0.2, -0.15) is 8.78 Å². The topological polar surface area (TPSA) is 88.6 Å². The number of thioether (sulfide) groups is 1. The molecule has 0 aliphatic heterocycles. The van der Waals surface area contributed by atoms with Gasteiger partial charge in [0.05, 0.1) is 12.1 Å². The molecule has 0 bridgehead atoms. The lowest BCUT2D eigenvalue weighted by molar-refractivity contribution is -0.131. The lowest BCUT2D eigenvalue weighted by Crippen LogP contribution is -2.38. The van der Waals surface area contributed by atoms with Gasteiger partial charge in [0.1, 0.15) is 5.03 Å². The molecule has 0 saturated carbocycles. The predicted molar refractivity (Wildman–Crippen MR) is 78.1 cm³/mol. The van der Waals surface area contributed by atoms with E-state index in [1.807, 2.05) is 0 Å². The molecule has 2 amide bonds. The number of carbonyl (C=O) groups excluding carboxylic acids is 3. The summed E-state index contributed by atoms with van der Waals surface area (Å²) in [6.07, 6.45) is 1.26. The minimum atomic E-state index is -2.74. The van der Waals surface area contributed by atoms with Crippen LogP contribution in [0.5, 0.6) is 0 Å². The summed E-state index contributed by atoms with van der Waals surface area (Å²) in [7, 11) is 3.05. The second-order valence-electron chi connectivity index (χ2n) is 4.38. The summed E-state index contributed by atoms with van der Waals surface area (Å²) in [5, 5.41) is 2.08. The predicted octanol–water partition coefficient (Wildman–Crippen LogP) is 0.758. The van der Waals surface area contributed by atoms with Gasteiger partial charge in [-0.05, 0) is 23.9 Å². The maximum Gasteiger partial charge on any atom is 0.341 e. The van der Waals surface area contributed by atoms with Crippen molar-refractivity contribution in [2.45, 2.75) is 10.8 Å². The molecule has 0 aliphatic rings. The van der Waals surface area contributed by atoms with Crippen molar-refractivity contribution in [2.75, 3.05) is 27.2 Å². The fourth-order valence-electron chi connectivity index (χ4n) is 1.32. The van der Waals surface area contributed by atoms with Crippen LogP contribution in [0.15, 0.2) is 23.4 Å². The first-order valence-electron chi connectivity index (χ1n) is 6.35. The minimum absolute atomic E-state index is 0.109. The number of esters is 1. The molecule has 0 radical (unpaired) electrons. The third-order valence-corrected chi connectivity index (χ3v) is 3.19. The number of ether oxygens (including phenoxy) is 1. The van der Waals surface area contributed by atoms with Crippen molar-refractivity contribution in [3.63, 3.8) is 0 Å². The summed E-state index contributed by atoms with van der Waals surface area (Å²) in [5.74, 6) is -4.69. The van der Waals surface area contributed by atoms with Gasteiger partial charge in [0.2, 0.25) is 5.91 Å². The SMILES string of the molecule is CN(C)C(=O)CNC(=O)COC(=O)c1cccnc1SC(F)F. The Morgan fingerprint density at radius 3 is 2.70 bits per heavy atom. The van der Waals surface area contributed by atoms with Crippen LogP contribution in [0.4, 0.5) is 8.78 Å². The van der Waals surface area contributed by atoms with E-state index in [1.165, 1.54) is 37.3 Å². The summed E-state index contributed by atoms with van der Waals surface area (Å²) in [4.78, 5) is 39.5. The molecular formula is C13H15F2N3O4S. The smallest absolute Gasteiger partial charge is 0.341 e. The number of halogens is 2. The monoisotopic (exact) mass is 347 g/mol. The van der Waals surface area contributed by atoms with Crippen LogP contribution in [0, 0.1) is 0 Å². The van der Waals surface area contributed by atoms with E-state index in [-0.39, 0.29) is 34.8 Å². The van der Waals surface area contributed by atoms with Crippen molar-refractivity contribution in [1.29, 1.82) is 0 Å². The molecule has 10 heteroatoms. The molecule has 0 unspecified atom stereocenters. The lowest BCUT2D eigenvalue weighted by atomic mass is 10.3. The summed E-state index contributed by atoms with van der Waals surface area (Å²) < 4.78 is 29.5. The zero-order valence-corrected chi connectivity index (χ0v) is 13.2. The second kappa shape index (κ2) is 9.03. The zero-order chi connectivity index (χ0) is 17.4. The highest BCUT2D eigenvalue weighted by molar-refractivity contribution is 7.99. The maximum atomic E-state index is 12.4. The molecule has 0 aromatic carbocycles. The molecule has 0 atom stereocenters. The molecule has 7 nitrogen and oxygen atoms in total. The third kappa shape index (κ3) is 6.59. The average Bonchev–Trinajstić information content (AvgIpc) is 2.50. The quantitative estimate of drug-likeness (QED) is 0.579. The van der Waals surface area contributed by atoms with Gasteiger partial charge in [-0.3, -0.25) is 9.59 Å². The van der Waals surface area contributed by atoms with Crippen LogP contribution in [0.1, 0.15) is 10.4 Å². The van der Waals surface area contributed by atoms with Crippen LogP contribution < -0.4 is 5.32 Å². The molecule has 0 saturated heterocycles. The molecule has 23 heavy (non-hydrogen) atoms. The van der Waals surface area contributed by atoms with E-state index in [2.05, 4.69) is 10.3 Å². The zero-order valence-electron chi connectivity index (χ0n) is 12.4. The minimum Gasteiger partial charge on any atom is -0.452 e. The van der Waals surface area contributed by atoms with E-state index < -0.39 is 24.2 Å². The number of alkyl halides is 2. The van der Waals surface area contributed by atoms with Crippen molar-refractivity contribution in [2.24, 2.45) is 0 Å². The second-order valence-corrected chi connectivity index (χ2v) is 5.35. The van der Waals surface area contributed by atoms with Gasteiger partial charge in [0.25, 0.3) is 11.7 Å². The van der Waals surface area contributed by atoms with Gasteiger partial charge >= 0.3 is 5.97 Å². The standard InChI is InChI=1S/C13H15F2N3O4S/c1-18(2)10(20)6-17-9(19)7-22-12(21)8-4-3-5-16-11(8)23-13(14)15/h3-5,13H,6-7H2,1-2H3,(H,17,19). The van der Waals surface area contributed by atoms with Crippen LogP contribution in [-0.2, 0) is 14.3 Å². The van der Waals surface area contributed by atoms with Crippen LogP contribution >= 0.6 is 11.8 Å². The highest BCUT2D eigenvalue weighted by Gasteiger charge is 2.18. The van der Waals surface area contributed by atoms with Crippen LogP contribution in [0.25, 0.3) is 0 Å². The molecule has 0 fully saturated rings. The highest BCUT2D eigenvalue weighted by Crippen LogP contribution is 2.26. The Bertz CT molecular complexity index is 584. The number of pyridine rings is 1. The third-order valence-electron chi connectivity index (χ3n) is 2.46. The van der Waals surface area contributed by atoms with E-state index >= 15 is 0 Å². The molecule has 1 N–H and O–H groups in total. The number of hydrogen-bond donors (Lipinski definition) is 1. The van der Waals surface area contributed by atoms with E-state index in [9.17, 15) is 23.2 Å². The Morgan fingerprint density at radius 1 is 1.39 bits per heavy atom. The number of nitrogens with one attached hydrogen (secondary N) is 1. The van der Waals surface area contributed by atoms with Gasteiger partial charge in [0.15, 0.2) is 6.61 Å². The number of rotatable bonds is 7. The van der Waals surface area contributed by atoms with Crippen molar-refractivity contribution in [3.05, 3.63) is 23.9 Å². The first-order valence-corrected chi connectivity index (χ1v) is 7.23.